The highest BCUT2D eigenvalue weighted by Gasteiger charge is 2.53. The van der Waals surface area contributed by atoms with E-state index in [1.807, 2.05) is 0 Å². The van der Waals surface area contributed by atoms with Crippen LogP contribution in [0.15, 0.2) is 90.5 Å². The van der Waals surface area contributed by atoms with Crippen molar-refractivity contribution in [3.05, 3.63) is 113 Å². The van der Waals surface area contributed by atoms with Gasteiger partial charge < -0.3 is 0 Å². The fraction of sp³-hybridized carbons (Fsp3) is 0.120. The van der Waals surface area contributed by atoms with Crippen molar-refractivity contribution < 1.29 is 0 Å². The largest absolute Gasteiger partial charge is 0.0778 e. The van der Waals surface area contributed by atoms with Crippen LogP contribution in [-0.4, -0.2) is 3.92 Å². The quantitative estimate of drug-likeness (QED) is 0.273. The number of hydrogen-bond acceptors (Lipinski definition) is 0. The van der Waals surface area contributed by atoms with Crippen molar-refractivity contribution in [3.63, 3.8) is 0 Å². The van der Waals surface area contributed by atoms with Crippen molar-refractivity contribution in [2.24, 2.45) is 0 Å². The lowest BCUT2D eigenvalue weighted by Gasteiger charge is -2.32. The first kappa shape index (κ1) is 15.0. The molecule has 0 aromatic heterocycles. The van der Waals surface area contributed by atoms with Crippen LogP contribution in [0, 0.1) is 0 Å². The van der Waals surface area contributed by atoms with E-state index in [2.05, 4.69) is 108 Å². The van der Waals surface area contributed by atoms with Crippen LogP contribution in [0.5, 0.6) is 0 Å². The summed E-state index contributed by atoms with van der Waals surface area (Å²) < 4.78 is 0.571. The van der Waals surface area contributed by atoms with Crippen molar-refractivity contribution in [1.29, 1.82) is 0 Å². The van der Waals surface area contributed by atoms with Gasteiger partial charge in [0.2, 0.25) is 0 Å². The normalized spacial score (nSPS) is 20.7. The molecule has 0 aliphatic heterocycles. The van der Waals surface area contributed by atoms with Crippen molar-refractivity contribution in [2.75, 3.05) is 0 Å². The molecule has 0 N–H and O–H groups in total. The van der Waals surface area contributed by atoms with Gasteiger partial charge in [-0.2, -0.15) is 0 Å². The van der Waals surface area contributed by atoms with E-state index in [1.165, 1.54) is 44.5 Å². The third-order valence-corrected chi connectivity index (χ3v) is 7.03. The Bertz CT molecular complexity index is 1090. The fourth-order valence-electron chi connectivity index (χ4n) is 5.27. The predicted octanol–water partition coefficient (Wildman–Crippen LogP) is 6.53. The van der Waals surface area contributed by atoms with Crippen LogP contribution in [0.3, 0.4) is 0 Å². The van der Waals surface area contributed by atoms with E-state index in [4.69, 9.17) is 0 Å². The molecule has 0 radical (unpaired) electrons. The highest BCUT2D eigenvalue weighted by molar-refractivity contribution is 14.1. The summed E-state index contributed by atoms with van der Waals surface area (Å²) in [4.78, 5) is 0. The standard InChI is InChI=1S/C25H17I/c26-16-13-14-24-20(15-16)19-9-3-6-12-23(19)25(24)21-10-4-1-7-17(21)18-8-2-5-11-22(18)25/h1-12,14-16H,13H2. The summed E-state index contributed by atoms with van der Waals surface area (Å²) in [5.41, 5.74) is 11.3. The Balaban J connectivity index is 1.82. The van der Waals surface area contributed by atoms with E-state index in [0.717, 1.165) is 6.42 Å². The van der Waals surface area contributed by atoms with Crippen LogP contribution in [-0.2, 0) is 5.41 Å². The summed E-state index contributed by atoms with van der Waals surface area (Å²) >= 11 is 2.56. The van der Waals surface area contributed by atoms with Crippen molar-refractivity contribution in [3.8, 4) is 11.1 Å². The van der Waals surface area contributed by atoms with Crippen LogP contribution in [0.25, 0.3) is 16.7 Å². The first-order valence-corrected chi connectivity index (χ1v) is 10.4. The maximum atomic E-state index is 2.56. The summed E-state index contributed by atoms with van der Waals surface area (Å²) in [5.74, 6) is 0. The molecular weight excluding hydrogens is 427 g/mol. The number of fused-ring (bicyclic) bond motifs is 10. The number of benzene rings is 3. The smallest absolute Gasteiger partial charge is 0.0722 e. The van der Waals surface area contributed by atoms with E-state index < -0.39 is 0 Å². The van der Waals surface area contributed by atoms with E-state index in [0.29, 0.717) is 3.92 Å². The molecule has 3 aliphatic carbocycles. The first-order chi connectivity index (χ1) is 12.8. The van der Waals surface area contributed by atoms with Gasteiger partial charge in [0, 0.05) is 3.92 Å². The highest BCUT2D eigenvalue weighted by Crippen LogP contribution is 2.64. The second kappa shape index (κ2) is 5.20. The molecule has 1 spiro atoms. The Morgan fingerprint density at radius 2 is 1.19 bits per heavy atom. The van der Waals surface area contributed by atoms with Gasteiger partial charge in [-0.1, -0.05) is 108 Å². The molecule has 0 amide bonds. The lowest BCUT2D eigenvalue weighted by Crippen LogP contribution is -2.26. The predicted molar refractivity (Wildman–Crippen MR) is 117 cm³/mol. The maximum Gasteiger partial charge on any atom is 0.0722 e. The van der Waals surface area contributed by atoms with E-state index in [-0.39, 0.29) is 5.41 Å². The second-order valence-electron chi connectivity index (χ2n) is 7.34. The van der Waals surface area contributed by atoms with Crippen molar-refractivity contribution in [2.45, 2.75) is 15.8 Å². The van der Waals surface area contributed by atoms with Gasteiger partial charge in [0.25, 0.3) is 0 Å². The second-order valence-corrected chi connectivity index (χ2v) is 8.94. The molecule has 3 aromatic carbocycles. The molecule has 1 atom stereocenters. The summed E-state index contributed by atoms with van der Waals surface area (Å²) in [5, 5.41) is 0. The maximum absolute atomic E-state index is 2.56. The van der Waals surface area contributed by atoms with E-state index in [9.17, 15) is 0 Å². The van der Waals surface area contributed by atoms with Crippen LogP contribution >= 0.6 is 22.6 Å². The zero-order valence-electron chi connectivity index (χ0n) is 14.2. The highest BCUT2D eigenvalue weighted by atomic mass is 127. The molecule has 0 bridgehead atoms. The minimum atomic E-state index is -0.146. The molecule has 3 aromatic rings. The zero-order valence-corrected chi connectivity index (χ0v) is 16.4. The number of rotatable bonds is 0. The van der Waals surface area contributed by atoms with Gasteiger partial charge in [0.15, 0.2) is 0 Å². The monoisotopic (exact) mass is 444 g/mol. The molecular formula is C25H17I. The molecule has 1 heteroatoms. The van der Waals surface area contributed by atoms with Crippen molar-refractivity contribution in [1.82, 2.24) is 0 Å². The average Bonchev–Trinajstić information content (AvgIpc) is 3.15. The Morgan fingerprint density at radius 3 is 1.81 bits per heavy atom. The van der Waals surface area contributed by atoms with Crippen LogP contribution in [0.4, 0.5) is 0 Å². The number of alkyl halides is 1. The molecule has 0 nitrogen and oxygen atoms in total. The molecule has 0 fully saturated rings. The van der Waals surface area contributed by atoms with Gasteiger partial charge in [-0.15, -0.1) is 0 Å². The summed E-state index contributed by atoms with van der Waals surface area (Å²) in [6, 6.07) is 27.0. The SMILES string of the molecule is IC1C=C2C(=CC1)C1(c3ccccc32)c2ccccc2-c2ccccc21. The first-order valence-electron chi connectivity index (χ1n) is 9.18. The van der Waals surface area contributed by atoms with Crippen LogP contribution in [0.2, 0.25) is 0 Å². The third-order valence-electron chi connectivity index (χ3n) is 6.16. The topological polar surface area (TPSA) is 0 Å². The minimum absolute atomic E-state index is 0.146. The fourth-order valence-corrected chi connectivity index (χ4v) is 5.89. The Labute approximate surface area is 167 Å². The number of halogens is 1. The molecule has 3 aliphatic rings. The molecule has 0 saturated carbocycles. The summed E-state index contributed by atoms with van der Waals surface area (Å²) in [6.07, 6.45) is 6.10. The van der Waals surface area contributed by atoms with E-state index in [1.54, 1.807) is 0 Å². The van der Waals surface area contributed by atoms with Crippen LogP contribution in [0.1, 0.15) is 28.7 Å². The van der Waals surface area contributed by atoms with Gasteiger partial charge in [0.1, 0.15) is 0 Å². The van der Waals surface area contributed by atoms with E-state index >= 15 is 0 Å². The van der Waals surface area contributed by atoms with Gasteiger partial charge in [0.05, 0.1) is 5.41 Å². The Kier molecular flexibility index (Phi) is 3.00. The molecule has 0 saturated heterocycles. The van der Waals surface area contributed by atoms with Gasteiger partial charge >= 0.3 is 0 Å². The lowest BCUT2D eigenvalue weighted by molar-refractivity contribution is 0.784. The Morgan fingerprint density at radius 1 is 0.692 bits per heavy atom. The van der Waals surface area contributed by atoms with Crippen LogP contribution < -0.4 is 0 Å². The van der Waals surface area contributed by atoms with Crippen molar-refractivity contribution >= 4 is 28.2 Å². The third kappa shape index (κ3) is 1.65. The molecule has 1 unspecified atom stereocenters. The minimum Gasteiger partial charge on any atom is -0.0778 e. The number of allylic oxidation sites excluding steroid dienone is 4. The zero-order chi connectivity index (χ0) is 17.3. The molecule has 0 heterocycles. The average molecular weight is 444 g/mol. The van der Waals surface area contributed by atoms with Gasteiger partial charge in [-0.25, -0.2) is 0 Å². The Hall–Kier alpha value is -2.13. The molecule has 124 valence electrons. The molecule has 6 rings (SSSR count). The van der Waals surface area contributed by atoms with Gasteiger partial charge in [-0.3, -0.25) is 0 Å². The number of hydrogen-bond donors (Lipinski definition) is 0. The summed E-state index contributed by atoms with van der Waals surface area (Å²) in [7, 11) is 0. The summed E-state index contributed by atoms with van der Waals surface area (Å²) in [6.45, 7) is 0. The lowest BCUT2D eigenvalue weighted by atomic mass is 9.69. The van der Waals surface area contributed by atoms with Gasteiger partial charge in [-0.05, 0) is 50.9 Å². The molecule has 26 heavy (non-hydrogen) atoms.